The van der Waals surface area contributed by atoms with Crippen LogP contribution in [-0.4, -0.2) is 0 Å². The first-order valence-electron chi connectivity index (χ1n) is 22.3. The lowest BCUT2D eigenvalue weighted by molar-refractivity contribution is 0.623. The highest BCUT2D eigenvalue weighted by Crippen LogP contribution is 2.33. The Morgan fingerprint density at radius 1 is 0.281 bits per heavy atom. The van der Waals surface area contributed by atoms with E-state index in [2.05, 4.69) is 158 Å². The van der Waals surface area contributed by atoms with Crippen molar-refractivity contribution < 1.29 is 8.78 Å². The lowest BCUT2D eigenvalue weighted by Crippen LogP contribution is -1.90. The molecule has 0 fully saturated rings. The summed E-state index contributed by atoms with van der Waals surface area (Å²) in [6.07, 6.45) is 0. The molecule has 0 bridgehead atoms. The van der Waals surface area contributed by atoms with E-state index in [1.807, 2.05) is 70.5 Å². The highest BCUT2D eigenvalue weighted by molar-refractivity contribution is 7.11. The third-order valence-electron chi connectivity index (χ3n) is 11.6. The molecule has 7 rings (SSSR count). The van der Waals surface area contributed by atoms with Crippen molar-refractivity contribution in [3.63, 3.8) is 0 Å². The molecular weight excluding hydrogens is 923 g/mol. The lowest BCUT2D eigenvalue weighted by Gasteiger charge is -2.06. The van der Waals surface area contributed by atoms with Gasteiger partial charge < -0.3 is 0 Å². The van der Waals surface area contributed by atoms with Crippen molar-refractivity contribution in [3.8, 4) is 0 Å². The smallest absolute Gasteiger partial charge is 0.137 e. The molecule has 0 atom stereocenters. The van der Waals surface area contributed by atoms with Crippen LogP contribution in [0.4, 0.5) is 8.78 Å². The molecule has 0 aromatic carbocycles. The van der Waals surface area contributed by atoms with E-state index < -0.39 is 0 Å². The van der Waals surface area contributed by atoms with E-state index >= 15 is 0 Å². The second-order valence-electron chi connectivity index (χ2n) is 17.8. The molecule has 0 amide bonds. The minimum absolute atomic E-state index is 0.0764. The zero-order chi connectivity index (χ0) is 49.3. The summed E-state index contributed by atoms with van der Waals surface area (Å²) in [5.41, 5.74) is 16.3. The number of hydrogen-bond donors (Lipinski definition) is 0. The molecule has 0 aliphatic rings. The topological polar surface area (TPSA) is 0 Å². The summed E-state index contributed by atoms with van der Waals surface area (Å²) in [5.74, 6) is 2.58. The van der Waals surface area contributed by atoms with Crippen molar-refractivity contribution >= 4 is 79.4 Å². The van der Waals surface area contributed by atoms with E-state index in [0.717, 1.165) is 20.9 Å². The molecule has 0 saturated heterocycles. The molecule has 7 aromatic heterocycles. The van der Waals surface area contributed by atoms with Crippen molar-refractivity contribution in [2.24, 2.45) is 0 Å². The largest absolute Gasteiger partial charge is 0.206 e. The van der Waals surface area contributed by atoms with Crippen LogP contribution in [0.25, 0.3) is 0 Å². The van der Waals surface area contributed by atoms with Gasteiger partial charge in [0.1, 0.15) is 11.6 Å². The predicted molar refractivity (Wildman–Crippen MR) is 298 cm³/mol. The number of rotatable bonds is 4. The summed E-state index contributed by atoms with van der Waals surface area (Å²) >= 11 is 12.2. The summed E-state index contributed by atoms with van der Waals surface area (Å²) in [7, 11) is 0. The quantitative estimate of drug-likeness (QED) is 0.165. The summed E-state index contributed by atoms with van der Waals surface area (Å²) in [4.78, 5) is 9.59. The molecule has 0 aliphatic carbocycles. The Morgan fingerprint density at radius 3 is 0.688 bits per heavy atom. The SMILES string of the molecule is Cc1c(C(C)C)csc1C(C)C.Cc1csc(C(C)C)c1C.Cc1csc(C)c1C.Cc1csc(C)c1C.Cc1scc(C(C)C)c1C.Cc1scc(F)c1C.Cc1scc(F)c1C. The van der Waals surface area contributed by atoms with Gasteiger partial charge in [0, 0.05) is 44.9 Å². The van der Waals surface area contributed by atoms with Crippen LogP contribution in [0.15, 0.2) is 37.7 Å². The number of thiophene rings is 7. The molecular formula is C55H80F2S7. The van der Waals surface area contributed by atoms with E-state index in [9.17, 15) is 8.78 Å². The molecule has 7 heterocycles. The molecule has 0 aliphatic heterocycles. The monoisotopic (exact) mass is 1000 g/mol. The van der Waals surface area contributed by atoms with E-state index in [4.69, 9.17) is 0 Å². The van der Waals surface area contributed by atoms with Crippen LogP contribution in [0.2, 0.25) is 0 Å². The number of hydrogen-bond acceptors (Lipinski definition) is 7. The standard InChI is InChI=1S/C11H18S.2C9H14S.2C7H10S.2C6H7FS/c1-7(2)10-6-12-11(8(3)4)9(10)5;1-6(2)9-5-10-8(4)7(9)3;1-6(2)9-8(4)7(3)5-10-9;2*1-5-4-8-7(3)6(5)2;2*1-4-5(2)8-3-6(4)7/h6-8H,1-5H3;2*5-6H,1-4H3;2*4H,1-3H3;2*3H,1-2H3. The second kappa shape index (κ2) is 28.8. The Balaban J connectivity index is 0.000000375. The van der Waals surface area contributed by atoms with Gasteiger partial charge in [-0.1, -0.05) is 55.4 Å². The van der Waals surface area contributed by atoms with Gasteiger partial charge in [-0.05, 0) is 221 Å². The molecule has 0 nitrogen and oxygen atoms in total. The Hall–Kier alpha value is -2.24. The van der Waals surface area contributed by atoms with E-state index in [0.29, 0.717) is 23.7 Å². The molecule has 0 N–H and O–H groups in total. The van der Waals surface area contributed by atoms with Gasteiger partial charge in [-0.3, -0.25) is 0 Å². The fourth-order valence-corrected chi connectivity index (χ4v) is 12.6. The molecule has 356 valence electrons. The Morgan fingerprint density at radius 2 is 0.547 bits per heavy atom. The maximum absolute atomic E-state index is 12.3. The van der Waals surface area contributed by atoms with Crippen LogP contribution in [0, 0.1) is 115 Å². The van der Waals surface area contributed by atoms with Crippen molar-refractivity contribution in [1.29, 1.82) is 0 Å². The van der Waals surface area contributed by atoms with Gasteiger partial charge in [-0.2, -0.15) is 0 Å². The van der Waals surface area contributed by atoms with Crippen LogP contribution in [0.3, 0.4) is 0 Å². The zero-order valence-electron chi connectivity index (χ0n) is 43.5. The van der Waals surface area contributed by atoms with Gasteiger partial charge in [0.15, 0.2) is 0 Å². The van der Waals surface area contributed by atoms with Gasteiger partial charge in [0.25, 0.3) is 0 Å². The molecule has 0 radical (unpaired) electrons. The van der Waals surface area contributed by atoms with Gasteiger partial charge in [-0.25, -0.2) is 8.78 Å². The Bertz CT molecular complexity index is 2060. The van der Waals surface area contributed by atoms with Crippen LogP contribution in [-0.2, 0) is 0 Å². The highest BCUT2D eigenvalue weighted by atomic mass is 32.1. The van der Waals surface area contributed by atoms with Crippen molar-refractivity contribution in [2.75, 3.05) is 0 Å². The fourth-order valence-electron chi connectivity index (χ4n) is 6.01. The molecule has 0 spiro atoms. The van der Waals surface area contributed by atoms with Crippen LogP contribution in [0.5, 0.6) is 0 Å². The van der Waals surface area contributed by atoms with Crippen LogP contribution < -0.4 is 0 Å². The maximum Gasteiger partial charge on any atom is 0.137 e. The van der Waals surface area contributed by atoms with Crippen molar-refractivity contribution in [3.05, 3.63) is 150 Å². The minimum atomic E-state index is -0.0764. The third-order valence-corrected chi connectivity index (χ3v) is 19.7. The Labute approximate surface area is 417 Å². The molecule has 7 aromatic rings. The zero-order valence-corrected chi connectivity index (χ0v) is 49.2. The highest BCUT2D eigenvalue weighted by Gasteiger charge is 2.12. The summed E-state index contributed by atoms with van der Waals surface area (Å²) in [5, 5.41) is 14.3. The first-order chi connectivity index (χ1) is 29.6. The van der Waals surface area contributed by atoms with Gasteiger partial charge in [0.05, 0.1) is 0 Å². The van der Waals surface area contributed by atoms with Crippen molar-refractivity contribution in [1.82, 2.24) is 0 Å². The summed E-state index contributed by atoms with van der Waals surface area (Å²) < 4.78 is 24.7. The van der Waals surface area contributed by atoms with Crippen LogP contribution in [0.1, 0.15) is 180 Å². The molecule has 0 saturated carbocycles. The number of aryl methyl sites for hydroxylation is 8. The van der Waals surface area contributed by atoms with E-state index in [1.54, 1.807) is 18.7 Å². The van der Waals surface area contributed by atoms with E-state index in [-0.39, 0.29) is 11.6 Å². The van der Waals surface area contributed by atoms with Gasteiger partial charge in [-0.15, -0.1) is 79.4 Å². The average molecular weight is 1000 g/mol. The second-order valence-corrected chi connectivity index (χ2v) is 25.1. The normalized spacial score (nSPS) is 10.5. The lowest BCUT2D eigenvalue weighted by atomic mass is 9.99. The Kier molecular flexibility index (Phi) is 26.9. The predicted octanol–water partition coefficient (Wildman–Crippen LogP) is 21.6. The summed E-state index contributed by atoms with van der Waals surface area (Å²) in [6, 6.07) is 0. The van der Waals surface area contributed by atoms with Gasteiger partial charge >= 0.3 is 0 Å². The van der Waals surface area contributed by atoms with Crippen molar-refractivity contribution in [2.45, 2.75) is 183 Å². The third kappa shape index (κ3) is 18.8. The fraction of sp³-hybridized carbons (Fsp3) is 0.491. The average Bonchev–Trinajstić information content (AvgIpc) is 4.12. The first kappa shape index (κ1) is 59.8. The van der Waals surface area contributed by atoms with Gasteiger partial charge in [0.2, 0.25) is 0 Å². The molecule has 0 unspecified atom stereocenters. The molecule has 9 heteroatoms. The van der Waals surface area contributed by atoms with E-state index in [1.165, 1.54) is 109 Å². The summed E-state index contributed by atoms with van der Waals surface area (Å²) in [6.45, 7) is 49.5. The maximum atomic E-state index is 12.3. The minimum Gasteiger partial charge on any atom is -0.206 e. The first-order valence-corrected chi connectivity index (χ1v) is 28.4. The molecule has 64 heavy (non-hydrogen) atoms. The van der Waals surface area contributed by atoms with Crippen LogP contribution >= 0.6 is 79.4 Å². The number of halogens is 2.